The third-order valence-corrected chi connectivity index (χ3v) is 12.6. The molecule has 14 aromatic rings. The van der Waals surface area contributed by atoms with E-state index in [9.17, 15) is 0 Å². The monoisotopic (exact) mass is 821 g/mol. The predicted octanol–water partition coefficient (Wildman–Crippen LogP) is 15.8. The molecule has 0 aliphatic heterocycles. The predicted molar refractivity (Wildman–Crippen MR) is 256 cm³/mol. The number of benzene rings is 9. The molecule has 0 atom stereocenters. The molecule has 0 bridgehead atoms. The van der Waals surface area contributed by atoms with E-state index in [0.29, 0.717) is 17.5 Å². The van der Waals surface area contributed by atoms with Crippen LogP contribution in [0.25, 0.3) is 144 Å². The van der Waals surface area contributed by atoms with Gasteiger partial charge in [-0.15, -0.1) is 0 Å². The van der Waals surface area contributed by atoms with Gasteiger partial charge < -0.3 is 17.7 Å². The van der Waals surface area contributed by atoms with Crippen LogP contribution in [0.15, 0.2) is 206 Å². The zero-order chi connectivity index (χ0) is 41.9. The zero-order valence-electron chi connectivity index (χ0n) is 33.9. The van der Waals surface area contributed by atoms with Crippen molar-refractivity contribution in [3.8, 4) is 56.4 Å². The third kappa shape index (κ3) is 5.31. The van der Waals surface area contributed by atoms with Crippen molar-refractivity contribution in [2.45, 2.75) is 0 Å². The molecule has 5 aromatic heterocycles. The van der Waals surface area contributed by atoms with Crippen molar-refractivity contribution in [1.82, 2.24) is 15.0 Å². The van der Waals surface area contributed by atoms with Crippen LogP contribution in [0.2, 0.25) is 0 Å². The summed E-state index contributed by atoms with van der Waals surface area (Å²) in [6, 6.07) is 64.0. The molecule has 64 heavy (non-hydrogen) atoms. The fourth-order valence-electron chi connectivity index (χ4n) is 9.53. The molecule has 0 radical (unpaired) electrons. The molecule has 0 saturated carbocycles. The smallest absolute Gasteiger partial charge is 0.164 e. The molecule has 0 spiro atoms. The van der Waals surface area contributed by atoms with Crippen molar-refractivity contribution in [1.29, 1.82) is 0 Å². The number of nitrogens with zero attached hydrogens (tertiary/aromatic N) is 3. The highest BCUT2D eigenvalue weighted by Gasteiger charge is 2.21. The van der Waals surface area contributed by atoms with E-state index < -0.39 is 0 Å². The SMILES string of the molecule is c1ccc(-c2nc(-c3cccc4oc5cc(-c6ccc7oc8ccccc8c7c6)ccc5c34)nc(-c3cccc4oc5cc(-c6ccc7oc8ccccc8c7c6)ccc5c34)n2)cc1. The fraction of sp³-hybridized carbons (Fsp3) is 0. The van der Waals surface area contributed by atoms with Gasteiger partial charge in [-0.3, -0.25) is 0 Å². The molecule has 0 aliphatic carbocycles. The Morgan fingerprint density at radius 2 is 0.641 bits per heavy atom. The maximum absolute atomic E-state index is 6.62. The number of furan rings is 4. The summed E-state index contributed by atoms with van der Waals surface area (Å²) < 4.78 is 25.5. The van der Waals surface area contributed by atoms with Gasteiger partial charge in [0.15, 0.2) is 17.5 Å². The van der Waals surface area contributed by atoms with E-state index in [1.165, 1.54) is 0 Å². The lowest BCUT2D eigenvalue weighted by Crippen LogP contribution is -2.00. The topological polar surface area (TPSA) is 91.2 Å². The first-order valence-electron chi connectivity index (χ1n) is 21.2. The molecule has 7 nitrogen and oxygen atoms in total. The Hall–Kier alpha value is -8.81. The van der Waals surface area contributed by atoms with E-state index in [4.69, 9.17) is 32.6 Å². The number of hydrogen-bond acceptors (Lipinski definition) is 7. The molecular weight excluding hydrogens is 791 g/mol. The summed E-state index contributed by atoms with van der Waals surface area (Å²) in [5, 5.41) is 8.20. The van der Waals surface area contributed by atoms with Crippen LogP contribution in [-0.4, -0.2) is 15.0 Å². The second kappa shape index (κ2) is 13.3. The van der Waals surface area contributed by atoms with Gasteiger partial charge in [0.05, 0.1) is 0 Å². The molecule has 298 valence electrons. The van der Waals surface area contributed by atoms with Gasteiger partial charge in [-0.25, -0.2) is 15.0 Å². The standard InChI is InChI=1S/C57H31N3O4/c1-2-10-32(11-3-1)55-58-56(41-14-8-18-49-53(41)39-24-20-35(30-51(39)63-49)33-22-26-47-43(28-33)37-12-4-6-16-45(37)61-47)60-57(59-55)42-15-9-19-50-54(42)40-25-21-36(31-52(40)64-50)34-23-27-48-44(29-34)38-13-5-7-17-46(38)62-48/h1-31H. The molecule has 0 unspecified atom stereocenters. The quantitative estimate of drug-likeness (QED) is 0.171. The van der Waals surface area contributed by atoms with Crippen LogP contribution in [0.4, 0.5) is 0 Å². The van der Waals surface area contributed by atoms with Crippen LogP contribution in [0.5, 0.6) is 0 Å². The van der Waals surface area contributed by atoms with Gasteiger partial charge in [-0.05, 0) is 95.1 Å². The average Bonchev–Trinajstić information content (AvgIpc) is 4.13. The Balaban J connectivity index is 0.909. The van der Waals surface area contributed by atoms with E-state index in [1.807, 2.05) is 103 Å². The summed E-state index contributed by atoms with van der Waals surface area (Å²) in [5.74, 6) is 1.67. The van der Waals surface area contributed by atoms with E-state index in [-0.39, 0.29) is 0 Å². The lowest BCUT2D eigenvalue weighted by molar-refractivity contribution is 0.668. The summed E-state index contributed by atoms with van der Waals surface area (Å²) in [4.78, 5) is 15.6. The number of aromatic nitrogens is 3. The number of hydrogen-bond donors (Lipinski definition) is 0. The lowest BCUT2D eigenvalue weighted by Gasteiger charge is -2.10. The number of rotatable bonds is 5. The Bertz CT molecular complexity index is 3960. The highest BCUT2D eigenvalue weighted by molar-refractivity contribution is 6.15. The molecule has 0 amide bonds. The maximum Gasteiger partial charge on any atom is 0.164 e. The first kappa shape index (κ1) is 34.9. The van der Waals surface area contributed by atoms with Crippen LogP contribution in [0, 0.1) is 0 Å². The molecular formula is C57H31N3O4. The van der Waals surface area contributed by atoms with Crippen molar-refractivity contribution in [3.05, 3.63) is 188 Å². The van der Waals surface area contributed by atoms with Gasteiger partial charge in [0.2, 0.25) is 0 Å². The average molecular weight is 822 g/mol. The largest absolute Gasteiger partial charge is 0.456 e. The normalized spacial score (nSPS) is 12.1. The third-order valence-electron chi connectivity index (χ3n) is 12.6. The summed E-state index contributed by atoms with van der Waals surface area (Å²) in [5.41, 5.74) is 13.4. The first-order valence-corrected chi connectivity index (χ1v) is 21.2. The molecule has 5 heterocycles. The maximum atomic E-state index is 6.62. The zero-order valence-corrected chi connectivity index (χ0v) is 33.9. The van der Waals surface area contributed by atoms with Crippen LogP contribution in [0.1, 0.15) is 0 Å². The van der Waals surface area contributed by atoms with Crippen molar-refractivity contribution in [2.75, 3.05) is 0 Å². The van der Waals surface area contributed by atoms with Crippen LogP contribution in [0.3, 0.4) is 0 Å². The van der Waals surface area contributed by atoms with Crippen molar-refractivity contribution < 1.29 is 17.7 Å². The van der Waals surface area contributed by atoms with E-state index in [0.717, 1.165) is 127 Å². The van der Waals surface area contributed by atoms with Gasteiger partial charge in [-0.2, -0.15) is 0 Å². The highest BCUT2D eigenvalue weighted by Crippen LogP contribution is 2.42. The summed E-state index contributed by atoms with van der Waals surface area (Å²) >= 11 is 0. The molecule has 14 rings (SSSR count). The minimum absolute atomic E-state index is 0.549. The summed E-state index contributed by atoms with van der Waals surface area (Å²) in [7, 11) is 0. The summed E-state index contributed by atoms with van der Waals surface area (Å²) in [6.07, 6.45) is 0. The van der Waals surface area contributed by atoms with Gasteiger partial charge >= 0.3 is 0 Å². The van der Waals surface area contributed by atoms with Crippen molar-refractivity contribution >= 4 is 87.8 Å². The van der Waals surface area contributed by atoms with E-state index >= 15 is 0 Å². The Morgan fingerprint density at radius 3 is 1.17 bits per heavy atom. The van der Waals surface area contributed by atoms with Gasteiger partial charge in [0, 0.05) is 59.8 Å². The number of para-hydroxylation sites is 2. The Kier molecular flexibility index (Phi) is 7.27. The molecule has 9 aromatic carbocycles. The molecule has 0 N–H and O–H groups in total. The van der Waals surface area contributed by atoms with E-state index in [1.54, 1.807) is 0 Å². The minimum atomic E-state index is 0.549. The second-order valence-corrected chi connectivity index (χ2v) is 16.3. The van der Waals surface area contributed by atoms with Gasteiger partial charge in [0.1, 0.15) is 44.7 Å². The molecule has 0 fully saturated rings. The highest BCUT2D eigenvalue weighted by atomic mass is 16.3. The molecule has 7 heteroatoms. The molecule has 0 saturated heterocycles. The fourth-order valence-corrected chi connectivity index (χ4v) is 9.53. The number of fused-ring (bicyclic) bond motifs is 12. The van der Waals surface area contributed by atoms with Crippen molar-refractivity contribution in [2.24, 2.45) is 0 Å². The lowest BCUT2D eigenvalue weighted by atomic mass is 9.99. The van der Waals surface area contributed by atoms with E-state index in [2.05, 4.69) is 84.9 Å². The van der Waals surface area contributed by atoms with Crippen molar-refractivity contribution in [3.63, 3.8) is 0 Å². The Labute approximate surface area is 363 Å². The van der Waals surface area contributed by atoms with Gasteiger partial charge in [0.25, 0.3) is 0 Å². The summed E-state index contributed by atoms with van der Waals surface area (Å²) in [6.45, 7) is 0. The van der Waals surface area contributed by atoms with Gasteiger partial charge in [-0.1, -0.05) is 115 Å². The van der Waals surface area contributed by atoms with Crippen LogP contribution < -0.4 is 0 Å². The first-order chi connectivity index (χ1) is 31.7. The van der Waals surface area contributed by atoms with Crippen LogP contribution in [-0.2, 0) is 0 Å². The minimum Gasteiger partial charge on any atom is -0.456 e. The Morgan fingerprint density at radius 1 is 0.234 bits per heavy atom. The van der Waals surface area contributed by atoms with Crippen LogP contribution >= 0.6 is 0 Å². The second-order valence-electron chi connectivity index (χ2n) is 16.3. The molecule has 0 aliphatic rings.